The van der Waals surface area contributed by atoms with Crippen molar-refractivity contribution in [2.75, 3.05) is 11.4 Å². The van der Waals surface area contributed by atoms with Crippen LogP contribution in [-0.4, -0.2) is 17.6 Å². The normalized spacial score (nSPS) is 14.9. The third kappa shape index (κ3) is 3.32. The van der Waals surface area contributed by atoms with E-state index >= 15 is 0 Å². The molecule has 0 radical (unpaired) electrons. The molecule has 1 saturated carbocycles. The van der Waals surface area contributed by atoms with Crippen LogP contribution in [0.2, 0.25) is 0 Å². The minimum Gasteiger partial charge on any atom is -0.354 e. The first-order valence-corrected chi connectivity index (χ1v) is 8.43. The van der Waals surface area contributed by atoms with Gasteiger partial charge in [0.25, 0.3) is 0 Å². The van der Waals surface area contributed by atoms with Crippen LogP contribution in [0.25, 0.3) is 10.9 Å². The molecule has 1 aliphatic carbocycles. The van der Waals surface area contributed by atoms with Crippen molar-refractivity contribution in [3.63, 3.8) is 0 Å². The minimum atomic E-state index is 0.540. The lowest BCUT2D eigenvalue weighted by atomic mass is 10.1. The van der Waals surface area contributed by atoms with E-state index in [0.29, 0.717) is 11.9 Å². The molecule has 1 aromatic heterocycles. The Hall–Kier alpha value is -1.28. The van der Waals surface area contributed by atoms with Crippen molar-refractivity contribution in [1.82, 2.24) is 4.98 Å². The average molecular weight is 303 g/mol. The van der Waals surface area contributed by atoms with Crippen LogP contribution in [-0.2, 0) is 5.88 Å². The first kappa shape index (κ1) is 14.6. The number of anilines is 1. The van der Waals surface area contributed by atoms with Crippen molar-refractivity contribution in [2.24, 2.45) is 5.92 Å². The van der Waals surface area contributed by atoms with Gasteiger partial charge < -0.3 is 4.90 Å². The van der Waals surface area contributed by atoms with Crippen molar-refractivity contribution in [3.8, 4) is 0 Å². The highest BCUT2D eigenvalue weighted by atomic mass is 35.5. The Morgan fingerprint density at radius 3 is 2.71 bits per heavy atom. The molecule has 0 saturated heterocycles. The summed E-state index contributed by atoms with van der Waals surface area (Å²) in [5.41, 5.74) is 2.24. The molecule has 21 heavy (non-hydrogen) atoms. The third-order valence-corrected chi connectivity index (χ3v) is 4.45. The number of hydrogen-bond donors (Lipinski definition) is 0. The predicted octanol–water partition coefficient (Wildman–Crippen LogP) is 4.99. The summed E-state index contributed by atoms with van der Waals surface area (Å²) in [4.78, 5) is 7.38. The number of fused-ring (bicyclic) bond motifs is 1. The zero-order valence-corrected chi connectivity index (χ0v) is 13.6. The third-order valence-electron chi connectivity index (χ3n) is 4.16. The summed E-state index contributed by atoms with van der Waals surface area (Å²) in [6.45, 7) is 5.65. The average Bonchev–Trinajstić information content (AvgIpc) is 3.31. The Balaban J connectivity index is 1.97. The number of nitrogens with zero attached hydrogens (tertiary/aromatic N) is 2. The van der Waals surface area contributed by atoms with Gasteiger partial charge in [0.05, 0.1) is 5.52 Å². The Labute approximate surface area is 132 Å². The smallest absolute Gasteiger partial charge is 0.129 e. The van der Waals surface area contributed by atoms with E-state index in [2.05, 4.69) is 43.0 Å². The van der Waals surface area contributed by atoms with E-state index in [1.807, 2.05) is 6.07 Å². The van der Waals surface area contributed by atoms with Crippen LogP contribution in [0.5, 0.6) is 0 Å². The molecule has 0 atom stereocenters. The fraction of sp³-hybridized carbons (Fsp3) is 0.500. The number of aromatic nitrogens is 1. The number of halogens is 1. The summed E-state index contributed by atoms with van der Waals surface area (Å²) in [5, 5.41) is 1.18. The second-order valence-electron chi connectivity index (χ2n) is 6.40. The first-order chi connectivity index (χ1) is 10.2. The van der Waals surface area contributed by atoms with Crippen molar-refractivity contribution >= 4 is 28.3 Å². The molecule has 0 spiro atoms. The van der Waals surface area contributed by atoms with Crippen molar-refractivity contribution < 1.29 is 0 Å². The second-order valence-corrected chi connectivity index (χ2v) is 6.66. The Bertz CT molecular complexity index is 620. The van der Waals surface area contributed by atoms with E-state index in [0.717, 1.165) is 23.8 Å². The van der Waals surface area contributed by atoms with E-state index in [9.17, 15) is 0 Å². The maximum absolute atomic E-state index is 6.16. The molecular weight excluding hydrogens is 280 g/mol. The van der Waals surface area contributed by atoms with Crippen molar-refractivity contribution in [2.45, 2.75) is 45.0 Å². The van der Waals surface area contributed by atoms with Gasteiger partial charge >= 0.3 is 0 Å². The molecule has 1 aliphatic rings. The SMILES string of the molecule is CC(C)CCN(c1cc(CCl)c2ccccc2n1)C1CC1. The maximum atomic E-state index is 6.16. The molecule has 3 rings (SSSR count). The number of pyridine rings is 1. The van der Waals surface area contributed by atoms with E-state index in [4.69, 9.17) is 16.6 Å². The van der Waals surface area contributed by atoms with Gasteiger partial charge in [-0.15, -0.1) is 11.6 Å². The van der Waals surface area contributed by atoms with Crippen LogP contribution < -0.4 is 4.90 Å². The molecule has 0 bridgehead atoms. The van der Waals surface area contributed by atoms with Gasteiger partial charge in [-0.3, -0.25) is 0 Å². The molecule has 0 unspecified atom stereocenters. The van der Waals surface area contributed by atoms with Crippen LogP contribution in [0.15, 0.2) is 30.3 Å². The van der Waals surface area contributed by atoms with Crippen molar-refractivity contribution in [3.05, 3.63) is 35.9 Å². The molecule has 112 valence electrons. The molecule has 1 fully saturated rings. The molecule has 2 nitrogen and oxygen atoms in total. The Morgan fingerprint density at radius 2 is 2.05 bits per heavy atom. The van der Waals surface area contributed by atoms with Gasteiger partial charge in [-0.1, -0.05) is 32.0 Å². The van der Waals surface area contributed by atoms with E-state index in [1.165, 1.54) is 30.2 Å². The maximum Gasteiger partial charge on any atom is 0.129 e. The van der Waals surface area contributed by atoms with Gasteiger partial charge in [-0.25, -0.2) is 4.98 Å². The van der Waals surface area contributed by atoms with Gasteiger partial charge in [-0.2, -0.15) is 0 Å². The summed E-state index contributed by atoms with van der Waals surface area (Å²) < 4.78 is 0. The summed E-state index contributed by atoms with van der Waals surface area (Å²) in [6.07, 6.45) is 3.80. The highest BCUT2D eigenvalue weighted by Crippen LogP contribution is 2.33. The van der Waals surface area contributed by atoms with E-state index in [1.54, 1.807) is 0 Å². The fourth-order valence-electron chi connectivity index (χ4n) is 2.76. The van der Waals surface area contributed by atoms with Crippen LogP contribution in [0.3, 0.4) is 0 Å². The Morgan fingerprint density at radius 1 is 1.29 bits per heavy atom. The number of benzene rings is 1. The highest BCUT2D eigenvalue weighted by Gasteiger charge is 2.30. The number of hydrogen-bond acceptors (Lipinski definition) is 2. The lowest BCUT2D eigenvalue weighted by Gasteiger charge is -2.25. The lowest BCUT2D eigenvalue weighted by Crippen LogP contribution is -2.28. The highest BCUT2D eigenvalue weighted by molar-refractivity contribution is 6.18. The molecule has 0 amide bonds. The van der Waals surface area contributed by atoms with Crippen LogP contribution >= 0.6 is 11.6 Å². The van der Waals surface area contributed by atoms with Crippen LogP contribution in [0.4, 0.5) is 5.82 Å². The lowest BCUT2D eigenvalue weighted by molar-refractivity contribution is 0.569. The summed E-state index contributed by atoms with van der Waals surface area (Å²) in [5.74, 6) is 2.37. The Kier molecular flexibility index (Phi) is 4.34. The summed E-state index contributed by atoms with van der Waals surface area (Å²) >= 11 is 6.16. The van der Waals surface area contributed by atoms with Gasteiger partial charge in [-0.05, 0) is 42.9 Å². The number of para-hydroxylation sites is 1. The van der Waals surface area contributed by atoms with Crippen molar-refractivity contribution in [1.29, 1.82) is 0 Å². The van der Waals surface area contributed by atoms with Gasteiger partial charge in [0.2, 0.25) is 0 Å². The molecule has 0 N–H and O–H groups in total. The molecule has 0 aliphatic heterocycles. The fourth-order valence-corrected chi connectivity index (χ4v) is 2.98. The molecule has 2 aromatic rings. The number of rotatable bonds is 6. The largest absolute Gasteiger partial charge is 0.354 e. The summed E-state index contributed by atoms with van der Waals surface area (Å²) in [7, 11) is 0. The number of alkyl halides is 1. The zero-order valence-electron chi connectivity index (χ0n) is 12.8. The van der Waals surface area contributed by atoms with E-state index in [-0.39, 0.29) is 0 Å². The van der Waals surface area contributed by atoms with Gasteiger partial charge in [0.1, 0.15) is 5.82 Å². The molecule has 1 aromatic carbocycles. The quantitative estimate of drug-likeness (QED) is 0.699. The van der Waals surface area contributed by atoms with E-state index < -0.39 is 0 Å². The topological polar surface area (TPSA) is 16.1 Å². The minimum absolute atomic E-state index is 0.540. The van der Waals surface area contributed by atoms with Crippen LogP contribution in [0, 0.1) is 5.92 Å². The molecule has 1 heterocycles. The summed E-state index contributed by atoms with van der Waals surface area (Å²) in [6, 6.07) is 11.2. The standard InChI is InChI=1S/C18H23ClN2/c1-13(2)9-10-21(15-7-8-15)18-11-14(12-19)16-5-3-4-6-17(16)20-18/h3-6,11,13,15H,7-10,12H2,1-2H3. The zero-order chi connectivity index (χ0) is 14.8. The van der Waals surface area contributed by atoms with Gasteiger partial charge in [0, 0.05) is 23.9 Å². The first-order valence-electron chi connectivity index (χ1n) is 7.90. The van der Waals surface area contributed by atoms with Gasteiger partial charge in [0.15, 0.2) is 0 Å². The van der Waals surface area contributed by atoms with Crippen LogP contribution in [0.1, 0.15) is 38.7 Å². The molecule has 3 heteroatoms. The monoisotopic (exact) mass is 302 g/mol. The molecular formula is C18H23ClN2. The predicted molar refractivity (Wildman–Crippen MR) is 91.1 cm³/mol. The second kappa shape index (κ2) is 6.23.